The summed E-state index contributed by atoms with van der Waals surface area (Å²) in [7, 11) is 1.96. The maximum atomic E-state index is 15.3. The zero-order valence-electron chi connectivity index (χ0n) is 22.9. The molecule has 1 aliphatic rings. The molecule has 5 rings (SSSR count). The van der Waals surface area contributed by atoms with E-state index in [0.29, 0.717) is 22.3 Å². The number of anilines is 4. The van der Waals surface area contributed by atoms with Crippen LogP contribution in [-0.4, -0.2) is 47.9 Å². The fourth-order valence-corrected chi connectivity index (χ4v) is 5.42. The first kappa shape index (κ1) is 26.7. The quantitative estimate of drug-likeness (QED) is 0.249. The van der Waals surface area contributed by atoms with E-state index in [1.54, 1.807) is 6.07 Å². The molecule has 1 saturated heterocycles. The summed E-state index contributed by atoms with van der Waals surface area (Å²) in [6.07, 6.45) is 3.31. The maximum Gasteiger partial charge on any atom is 0.229 e. The lowest BCUT2D eigenvalue weighted by atomic mass is 9.86. The molecule has 1 fully saturated rings. The van der Waals surface area contributed by atoms with Crippen molar-refractivity contribution in [2.75, 3.05) is 23.7 Å². The number of rotatable bonds is 7. The minimum atomic E-state index is -0.347. The Morgan fingerprint density at radius 3 is 2.51 bits per heavy atom. The Bertz CT molecular complexity index is 1530. The summed E-state index contributed by atoms with van der Waals surface area (Å²) in [4.78, 5) is 11.0. The van der Waals surface area contributed by atoms with E-state index < -0.39 is 0 Å². The van der Waals surface area contributed by atoms with Gasteiger partial charge in [-0.1, -0.05) is 18.2 Å². The molecule has 0 radical (unpaired) electrons. The average Bonchev–Trinajstić information content (AvgIpc) is 3.43. The highest BCUT2D eigenvalue weighted by atomic mass is 35.5. The van der Waals surface area contributed by atoms with Crippen LogP contribution in [-0.2, 0) is 7.05 Å². The maximum absolute atomic E-state index is 15.3. The van der Waals surface area contributed by atoms with Crippen LogP contribution in [0.3, 0.4) is 0 Å². The predicted molar refractivity (Wildman–Crippen MR) is 153 cm³/mol. The highest BCUT2D eigenvalue weighted by Gasteiger charge is 2.26. The number of hydrogen-bond donors (Lipinski definition) is 3. The van der Waals surface area contributed by atoms with E-state index in [9.17, 15) is 0 Å². The lowest BCUT2D eigenvalue weighted by molar-refractivity contribution is 0.298. The van der Waals surface area contributed by atoms with Crippen LogP contribution in [0.15, 0.2) is 31.0 Å². The number of likely N-dealkylation sites (tertiary alicyclic amines) is 1. The third-order valence-corrected chi connectivity index (χ3v) is 7.69. The van der Waals surface area contributed by atoms with E-state index in [-0.39, 0.29) is 17.7 Å². The summed E-state index contributed by atoms with van der Waals surface area (Å²) in [6, 6.07) is 5.29. The van der Waals surface area contributed by atoms with Crippen molar-refractivity contribution in [3.8, 4) is 0 Å². The second kappa shape index (κ2) is 10.7. The van der Waals surface area contributed by atoms with Crippen molar-refractivity contribution in [1.29, 1.82) is 0 Å². The van der Waals surface area contributed by atoms with E-state index in [4.69, 9.17) is 11.6 Å². The molecule has 4 aromatic rings. The van der Waals surface area contributed by atoms with Crippen LogP contribution < -0.4 is 10.6 Å². The molecule has 1 aromatic carbocycles. The number of aromatic nitrogens is 6. The molecule has 1 aliphatic heterocycles. The van der Waals surface area contributed by atoms with E-state index in [2.05, 4.69) is 54.3 Å². The Balaban J connectivity index is 1.27. The lowest BCUT2D eigenvalue weighted by Gasteiger charge is -2.35. The fraction of sp³-hybridized carbons (Fsp3) is 0.357. The molecule has 0 amide bonds. The second-order valence-corrected chi connectivity index (χ2v) is 10.5. The molecule has 11 heteroatoms. The van der Waals surface area contributed by atoms with Gasteiger partial charge in [0.15, 0.2) is 11.6 Å². The van der Waals surface area contributed by atoms with Crippen molar-refractivity contribution < 1.29 is 4.39 Å². The van der Waals surface area contributed by atoms with Gasteiger partial charge in [-0.3, -0.25) is 9.78 Å². The van der Waals surface area contributed by atoms with Crippen LogP contribution in [0, 0.1) is 33.5 Å². The Hall–Kier alpha value is -3.92. The Labute approximate surface area is 232 Å². The standard InChI is InChI=1S/C28H33ClFN9/c1-15-11-24(32-28-31-14-22(29)27(34-28)33-25-12-16(2)35-36-25)23(30)13-21(15)20-7-9-39(10-8-20)19(5)26-17(3)37-38(6)18(26)4/h11-14,20H,5,7-10H2,1-4,6H3,(H3,31,32,33,34,35,36). The summed E-state index contributed by atoms with van der Waals surface area (Å²) in [6.45, 7) is 14.1. The third kappa shape index (κ3) is 5.47. The highest BCUT2D eigenvalue weighted by molar-refractivity contribution is 6.32. The Morgan fingerprint density at radius 2 is 1.87 bits per heavy atom. The van der Waals surface area contributed by atoms with Crippen LogP contribution in [0.2, 0.25) is 5.02 Å². The van der Waals surface area contributed by atoms with Gasteiger partial charge in [-0.2, -0.15) is 15.2 Å². The number of H-pyrrole nitrogens is 1. The molecule has 0 saturated carbocycles. The molecule has 4 heterocycles. The number of aryl methyl sites for hydroxylation is 4. The first-order chi connectivity index (χ1) is 18.6. The van der Waals surface area contributed by atoms with Crippen LogP contribution in [0.4, 0.5) is 27.7 Å². The van der Waals surface area contributed by atoms with Crippen molar-refractivity contribution in [2.24, 2.45) is 7.05 Å². The number of piperidine rings is 1. The van der Waals surface area contributed by atoms with Crippen LogP contribution in [0.1, 0.15) is 52.5 Å². The Kier molecular flexibility index (Phi) is 7.31. The molecular formula is C28H33ClFN9. The third-order valence-electron chi connectivity index (χ3n) is 7.41. The van der Waals surface area contributed by atoms with Gasteiger partial charge >= 0.3 is 0 Å². The topological polar surface area (TPSA) is 99.6 Å². The van der Waals surface area contributed by atoms with Gasteiger partial charge in [-0.15, -0.1) is 0 Å². The average molecular weight is 550 g/mol. The van der Waals surface area contributed by atoms with Gasteiger partial charge in [-0.05, 0) is 69.7 Å². The number of hydrogen-bond acceptors (Lipinski definition) is 7. The minimum Gasteiger partial charge on any atom is -0.371 e. The molecule has 9 nitrogen and oxygen atoms in total. The van der Waals surface area contributed by atoms with Crippen LogP contribution >= 0.6 is 11.6 Å². The first-order valence-electron chi connectivity index (χ1n) is 12.9. The van der Waals surface area contributed by atoms with Crippen molar-refractivity contribution in [3.05, 3.63) is 75.6 Å². The number of halogens is 2. The minimum absolute atomic E-state index is 0.230. The van der Waals surface area contributed by atoms with Crippen molar-refractivity contribution >= 4 is 40.6 Å². The van der Waals surface area contributed by atoms with E-state index >= 15 is 4.39 Å². The number of benzene rings is 1. The van der Waals surface area contributed by atoms with Crippen molar-refractivity contribution in [3.63, 3.8) is 0 Å². The summed E-state index contributed by atoms with van der Waals surface area (Å²) >= 11 is 6.26. The van der Waals surface area contributed by atoms with Gasteiger partial charge in [0.1, 0.15) is 10.8 Å². The normalized spacial score (nSPS) is 14.1. The first-order valence-corrected chi connectivity index (χ1v) is 13.3. The van der Waals surface area contributed by atoms with Crippen LogP contribution in [0.25, 0.3) is 5.70 Å². The molecule has 204 valence electrons. The summed E-state index contributed by atoms with van der Waals surface area (Å²) < 4.78 is 17.2. The molecule has 0 bridgehead atoms. The van der Waals surface area contributed by atoms with Crippen LogP contribution in [0.5, 0.6) is 0 Å². The number of aromatic amines is 1. The van der Waals surface area contributed by atoms with Gasteiger partial charge < -0.3 is 15.5 Å². The number of nitrogens with one attached hydrogen (secondary N) is 3. The SMILES string of the molecule is C=C(c1c(C)nn(C)c1C)N1CCC(c2cc(F)c(Nc3ncc(Cl)c(Nc4cc(C)[nH]n4)n3)cc2C)CC1. The second-order valence-electron chi connectivity index (χ2n) is 10.1. The van der Waals surface area contributed by atoms with Crippen molar-refractivity contribution in [1.82, 2.24) is 34.8 Å². The predicted octanol–water partition coefficient (Wildman–Crippen LogP) is 6.30. The van der Waals surface area contributed by atoms with E-state index in [1.165, 1.54) is 6.20 Å². The van der Waals surface area contributed by atoms with E-state index in [0.717, 1.165) is 65.4 Å². The molecule has 3 N–H and O–H groups in total. The molecule has 39 heavy (non-hydrogen) atoms. The summed E-state index contributed by atoms with van der Waals surface area (Å²) in [5, 5.41) is 17.9. The molecular weight excluding hydrogens is 517 g/mol. The fourth-order valence-electron chi connectivity index (χ4n) is 5.28. The van der Waals surface area contributed by atoms with Gasteiger partial charge in [0.2, 0.25) is 5.95 Å². The smallest absolute Gasteiger partial charge is 0.229 e. The molecule has 0 aliphatic carbocycles. The van der Waals surface area contributed by atoms with Crippen molar-refractivity contribution in [2.45, 2.75) is 46.5 Å². The lowest BCUT2D eigenvalue weighted by Crippen LogP contribution is -2.32. The summed E-state index contributed by atoms with van der Waals surface area (Å²) in [5.41, 5.74) is 7.51. The molecule has 0 unspecified atom stereocenters. The van der Waals surface area contributed by atoms with Gasteiger partial charge in [0.25, 0.3) is 0 Å². The van der Waals surface area contributed by atoms with Gasteiger partial charge in [0.05, 0.1) is 17.6 Å². The zero-order chi connectivity index (χ0) is 27.8. The Morgan fingerprint density at radius 1 is 1.13 bits per heavy atom. The molecule has 0 atom stereocenters. The largest absolute Gasteiger partial charge is 0.371 e. The number of nitrogens with zero attached hydrogens (tertiary/aromatic N) is 6. The highest BCUT2D eigenvalue weighted by Crippen LogP contribution is 2.36. The monoisotopic (exact) mass is 549 g/mol. The van der Waals surface area contributed by atoms with Gasteiger partial charge in [-0.25, -0.2) is 9.37 Å². The molecule has 3 aromatic heterocycles. The summed E-state index contributed by atoms with van der Waals surface area (Å²) in [5.74, 6) is 1.10. The van der Waals surface area contributed by atoms with Gasteiger partial charge in [0, 0.05) is 48.9 Å². The molecule has 0 spiro atoms. The van der Waals surface area contributed by atoms with E-state index in [1.807, 2.05) is 44.6 Å². The zero-order valence-corrected chi connectivity index (χ0v) is 23.6.